The molecule has 0 aromatic heterocycles. The minimum absolute atomic E-state index is 0.0639. The molecule has 0 saturated carbocycles. The first kappa shape index (κ1) is 17.9. The number of hydrogen-bond donors (Lipinski definition) is 2. The Balaban J connectivity index is 2.10. The number of aryl methyl sites for hydroxylation is 1. The van der Waals surface area contributed by atoms with Crippen molar-refractivity contribution in [1.29, 1.82) is 0 Å². The summed E-state index contributed by atoms with van der Waals surface area (Å²) in [7, 11) is 0. The smallest absolute Gasteiger partial charge is 0.314 e. The van der Waals surface area contributed by atoms with Crippen molar-refractivity contribution in [2.45, 2.75) is 6.92 Å². The van der Waals surface area contributed by atoms with E-state index >= 15 is 0 Å². The molecule has 0 aliphatic rings. The zero-order valence-corrected chi connectivity index (χ0v) is 14.6. The van der Waals surface area contributed by atoms with Gasteiger partial charge in [-0.3, -0.25) is 19.7 Å². The number of rotatable bonds is 3. The number of carbonyl (C=O) groups is 2. The molecule has 0 spiro atoms. The van der Waals surface area contributed by atoms with Gasteiger partial charge in [-0.25, -0.2) is 0 Å². The molecule has 0 aliphatic carbocycles. The van der Waals surface area contributed by atoms with E-state index in [9.17, 15) is 19.7 Å². The Morgan fingerprint density at radius 2 is 1.79 bits per heavy atom. The fraction of sp³-hybridized carbons (Fsp3) is 0.0667. The lowest BCUT2D eigenvalue weighted by Gasteiger charge is -2.09. The highest BCUT2D eigenvalue weighted by Gasteiger charge is 2.18. The molecule has 0 fully saturated rings. The lowest BCUT2D eigenvalue weighted by atomic mass is 10.2. The van der Waals surface area contributed by atoms with Crippen molar-refractivity contribution >= 4 is 56.4 Å². The summed E-state index contributed by atoms with van der Waals surface area (Å²) in [4.78, 5) is 34.0. The zero-order valence-electron chi connectivity index (χ0n) is 12.3. The summed E-state index contributed by atoms with van der Waals surface area (Å²) < 4.78 is 0.630. The first-order valence-corrected chi connectivity index (χ1v) is 7.77. The van der Waals surface area contributed by atoms with Crippen molar-refractivity contribution in [3.63, 3.8) is 0 Å². The summed E-state index contributed by atoms with van der Waals surface area (Å²) >= 11 is 8.98. The second-order valence-electron chi connectivity index (χ2n) is 4.81. The van der Waals surface area contributed by atoms with Crippen LogP contribution in [0.1, 0.15) is 5.56 Å². The van der Waals surface area contributed by atoms with Crippen LogP contribution in [0.15, 0.2) is 40.9 Å². The highest BCUT2D eigenvalue weighted by molar-refractivity contribution is 9.10. The molecule has 2 aromatic rings. The van der Waals surface area contributed by atoms with Gasteiger partial charge in [0, 0.05) is 16.2 Å². The minimum atomic E-state index is -0.959. The lowest BCUT2D eigenvalue weighted by Crippen LogP contribution is -2.29. The third-order valence-corrected chi connectivity index (χ3v) is 3.96. The molecule has 24 heavy (non-hydrogen) atoms. The van der Waals surface area contributed by atoms with Crippen molar-refractivity contribution in [3.8, 4) is 0 Å². The second kappa shape index (κ2) is 7.41. The van der Waals surface area contributed by atoms with Crippen molar-refractivity contribution in [3.05, 3.63) is 61.6 Å². The molecular formula is C15H11BrClN3O4. The monoisotopic (exact) mass is 411 g/mol. The van der Waals surface area contributed by atoms with Gasteiger partial charge in [0.2, 0.25) is 0 Å². The molecular weight excluding hydrogens is 402 g/mol. The third-order valence-electron chi connectivity index (χ3n) is 2.98. The molecule has 124 valence electrons. The van der Waals surface area contributed by atoms with Crippen LogP contribution in [0.5, 0.6) is 0 Å². The van der Waals surface area contributed by atoms with E-state index in [4.69, 9.17) is 11.6 Å². The Hall–Kier alpha value is -2.45. The predicted molar refractivity (Wildman–Crippen MR) is 94.2 cm³/mol. The number of halogens is 2. The Kier molecular flexibility index (Phi) is 5.53. The van der Waals surface area contributed by atoms with E-state index in [1.807, 2.05) is 6.92 Å². The predicted octanol–water partition coefficient (Wildman–Crippen LogP) is 3.90. The number of anilines is 2. The number of nitro groups is 1. The standard InChI is InChI=1S/C15H11BrClN3O4/c1-8-2-5-12(10(16)6-8)19-15(22)14(21)18-9-3-4-11(17)13(7-9)20(23)24/h2-7H,1H3,(H,18,21)(H,19,22). The number of nitrogens with zero attached hydrogens (tertiary/aromatic N) is 1. The van der Waals surface area contributed by atoms with Crippen LogP contribution in [-0.4, -0.2) is 16.7 Å². The molecule has 0 heterocycles. The molecule has 2 rings (SSSR count). The van der Waals surface area contributed by atoms with Crippen LogP contribution in [0, 0.1) is 17.0 Å². The average Bonchev–Trinajstić information content (AvgIpc) is 2.51. The number of amides is 2. The molecule has 0 aliphatic heterocycles. The summed E-state index contributed by atoms with van der Waals surface area (Å²) in [6, 6.07) is 8.93. The Bertz CT molecular complexity index is 841. The molecule has 0 unspecified atom stereocenters. The van der Waals surface area contributed by atoms with Crippen molar-refractivity contribution in [2.75, 3.05) is 10.6 Å². The molecule has 9 heteroatoms. The van der Waals surface area contributed by atoms with Crippen LogP contribution >= 0.6 is 27.5 Å². The van der Waals surface area contributed by atoms with Crippen molar-refractivity contribution < 1.29 is 14.5 Å². The van der Waals surface area contributed by atoms with Gasteiger partial charge in [-0.1, -0.05) is 17.7 Å². The quantitative estimate of drug-likeness (QED) is 0.453. The molecule has 7 nitrogen and oxygen atoms in total. The Morgan fingerprint density at radius 3 is 2.42 bits per heavy atom. The number of benzene rings is 2. The third kappa shape index (κ3) is 4.30. The van der Waals surface area contributed by atoms with E-state index in [2.05, 4.69) is 26.6 Å². The highest BCUT2D eigenvalue weighted by Crippen LogP contribution is 2.27. The van der Waals surface area contributed by atoms with Gasteiger partial charge in [0.1, 0.15) is 5.02 Å². The van der Waals surface area contributed by atoms with Gasteiger partial charge in [-0.2, -0.15) is 0 Å². The maximum atomic E-state index is 11.9. The van der Waals surface area contributed by atoms with Crippen molar-refractivity contribution in [2.24, 2.45) is 0 Å². The second-order valence-corrected chi connectivity index (χ2v) is 6.08. The van der Waals surface area contributed by atoms with Gasteiger partial charge in [0.25, 0.3) is 5.69 Å². The van der Waals surface area contributed by atoms with Crippen LogP contribution in [0.3, 0.4) is 0 Å². The van der Waals surface area contributed by atoms with E-state index in [0.717, 1.165) is 11.6 Å². The van der Waals surface area contributed by atoms with Gasteiger partial charge in [-0.15, -0.1) is 0 Å². The van der Waals surface area contributed by atoms with E-state index in [1.54, 1.807) is 18.2 Å². The molecule has 2 amide bonds. The van der Waals surface area contributed by atoms with E-state index in [0.29, 0.717) is 10.2 Å². The Labute approximate surface area is 150 Å². The molecule has 0 saturated heterocycles. The van der Waals surface area contributed by atoms with Crippen LogP contribution in [-0.2, 0) is 9.59 Å². The van der Waals surface area contributed by atoms with E-state index < -0.39 is 16.7 Å². The van der Waals surface area contributed by atoms with Gasteiger partial charge in [0.15, 0.2) is 0 Å². The normalized spacial score (nSPS) is 10.1. The van der Waals surface area contributed by atoms with E-state index in [-0.39, 0.29) is 16.4 Å². The summed E-state index contributed by atoms with van der Waals surface area (Å²) in [6.07, 6.45) is 0. The SMILES string of the molecule is Cc1ccc(NC(=O)C(=O)Nc2ccc(Cl)c([N+](=O)[O-])c2)c(Br)c1. The number of nitrogens with one attached hydrogen (secondary N) is 2. The van der Waals surface area contributed by atoms with Gasteiger partial charge in [-0.05, 0) is 52.7 Å². The molecule has 0 bridgehead atoms. The van der Waals surface area contributed by atoms with Crippen LogP contribution < -0.4 is 10.6 Å². The number of carbonyl (C=O) groups excluding carboxylic acids is 2. The van der Waals surface area contributed by atoms with E-state index in [1.165, 1.54) is 12.1 Å². The molecule has 2 N–H and O–H groups in total. The molecule has 0 atom stereocenters. The van der Waals surface area contributed by atoms with Gasteiger partial charge in [0.05, 0.1) is 10.6 Å². The number of hydrogen-bond acceptors (Lipinski definition) is 4. The van der Waals surface area contributed by atoms with Crippen LogP contribution in [0.2, 0.25) is 5.02 Å². The van der Waals surface area contributed by atoms with Crippen molar-refractivity contribution in [1.82, 2.24) is 0 Å². The van der Waals surface area contributed by atoms with Crippen LogP contribution in [0.25, 0.3) is 0 Å². The maximum absolute atomic E-state index is 11.9. The topological polar surface area (TPSA) is 101 Å². The largest absolute Gasteiger partial charge is 0.318 e. The molecule has 0 radical (unpaired) electrons. The first-order chi connectivity index (χ1) is 11.3. The first-order valence-electron chi connectivity index (χ1n) is 6.60. The summed E-state index contributed by atoms with van der Waals surface area (Å²) in [5.41, 5.74) is 1.14. The van der Waals surface area contributed by atoms with Gasteiger partial charge >= 0.3 is 11.8 Å². The summed E-state index contributed by atoms with van der Waals surface area (Å²) in [6.45, 7) is 1.89. The van der Waals surface area contributed by atoms with Gasteiger partial charge < -0.3 is 10.6 Å². The summed E-state index contributed by atoms with van der Waals surface area (Å²) in [5.74, 6) is -1.86. The fourth-order valence-electron chi connectivity index (χ4n) is 1.82. The maximum Gasteiger partial charge on any atom is 0.314 e. The highest BCUT2D eigenvalue weighted by atomic mass is 79.9. The minimum Gasteiger partial charge on any atom is -0.318 e. The zero-order chi connectivity index (χ0) is 17.9. The number of nitro benzene ring substituents is 1. The van der Waals surface area contributed by atoms with Crippen LogP contribution in [0.4, 0.5) is 17.1 Å². The average molecular weight is 413 g/mol. The fourth-order valence-corrected chi connectivity index (χ4v) is 2.60. The molecule has 2 aromatic carbocycles. The Morgan fingerprint density at radius 1 is 1.12 bits per heavy atom. The summed E-state index contributed by atoms with van der Waals surface area (Å²) in [5, 5.41) is 15.5. The lowest BCUT2D eigenvalue weighted by molar-refractivity contribution is -0.384.